The molecule has 2 aromatic rings. The van der Waals surface area contributed by atoms with Crippen molar-refractivity contribution in [3.8, 4) is 17.2 Å². The zero-order valence-corrected chi connectivity index (χ0v) is 16.4. The summed E-state index contributed by atoms with van der Waals surface area (Å²) in [7, 11) is 4.68. The largest absolute Gasteiger partial charge is 0.493 e. The van der Waals surface area contributed by atoms with Crippen LogP contribution in [-0.2, 0) is 4.79 Å². The Morgan fingerprint density at radius 3 is 2.21 bits per heavy atom. The zero-order valence-electron chi connectivity index (χ0n) is 16.4. The number of anilines is 3. The van der Waals surface area contributed by atoms with Gasteiger partial charge in [0.05, 0.1) is 27.5 Å². The van der Waals surface area contributed by atoms with Crippen LogP contribution in [0, 0.1) is 0 Å². The van der Waals surface area contributed by atoms with Crippen molar-refractivity contribution >= 4 is 23.4 Å². The molecule has 10 heteroatoms. The summed E-state index contributed by atoms with van der Waals surface area (Å²) in [6.07, 6.45) is 1.54. The first kappa shape index (κ1) is 19.5. The normalized spacial score (nSPS) is 13.9. The maximum absolute atomic E-state index is 11.5. The zero-order chi connectivity index (χ0) is 20.1. The van der Waals surface area contributed by atoms with Crippen LogP contribution in [0.25, 0.3) is 0 Å². The van der Waals surface area contributed by atoms with Gasteiger partial charge in [-0.3, -0.25) is 4.79 Å². The maximum atomic E-state index is 11.5. The highest BCUT2D eigenvalue weighted by Gasteiger charge is 2.21. The summed E-state index contributed by atoms with van der Waals surface area (Å²) in [5, 5.41) is 11.4. The molecule has 1 aliphatic heterocycles. The first-order chi connectivity index (χ1) is 13.5. The van der Waals surface area contributed by atoms with Crippen molar-refractivity contribution in [2.24, 2.45) is 0 Å². The van der Waals surface area contributed by atoms with Crippen LogP contribution in [0.3, 0.4) is 0 Å². The number of aromatic nitrogens is 3. The third kappa shape index (κ3) is 4.16. The first-order valence-electron chi connectivity index (χ1n) is 8.83. The molecule has 1 amide bonds. The lowest BCUT2D eigenvalue weighted by molar-refractivity contribution is -0.129. The van der Waals surface area contributed by atoms with Crippen LogP contribution < -0.4 is 24.4 Å². The standard InChI is InChI=1S/C18H24N6O4/c1-12(25)23-5-7-24(8-6-23)18-21-16(11-19-22-18)20-13-9-14(26-2)17(28-4)15(10-13)27-3/h9-11H,5-8H2,1-4H3,(H,20,21,22). The summed E-state index contributed by atoms with van der Waals surface area (Å²) in [5.74, 6) is 2.71. The number of carbonyl (C=O) groups is 1. The van der Waals surface area contributed by atoms with Crippen molar-refractivity contribution in [2.75, 3.05) is 57.7 Å². The molecule has 2 heterocycles. The van der Waals surface area contributed by atoms with E-state index in [0.29, 0.717) is 60.9 Å². The van der Waals surface area contributed by atoms with Crippen molar-refractivity contribution < 1.29 is 19.0 Å². The van der Waals surface area contributed by atoms with E-state index < -0.39 is 0 Å². The second-order valence-electron chi connectivity index (χ2n) is 6.17. The predicted molar refractivity (Wildman–Crippen MR) is 104 cm³/mol. The number of piperazine rings is 1. The van der Waals surface area contributed by atoms with Gasteiger partial charge in [-0.05, 0) is 0 Å². The first-order valence-corrected chi connectivity index (χ1v) is 8.83. The predicted octanol–water partition coefficient (Wildman–Crippen LogP) is 1.31. The number of carbonyl (C=O) groups excluding carboxylic acids is 1. The van der Waals surface area contributed by atoms with Gasteiger partial charge in [-0.1, -0.05) is 0 Å². The minimum absolute atomic E-state index is 0.0801. The number of methoxy groups -OCH3 is 3. The molecule has 0 aliphatic carbocycles. The molecule has 0 saturated carbocycles. The van der Waals surface area contributed by atoms with E-state index in [4.69, 9.17) is 14.2 Å². The topological polar surface area (TPSA) is 102 Å². The van der Waals surface area contributed by atoms with Gasteiger partial charge in [0.25, 0.3) is 0 Å². The Labute approximate surface area is 163 Å². The van der Waals surface area contributed by atoms with E-state index in [1.165, 1.54) is 0 Å². The SMILES string of the molecule is COc1cc(Nc2cnnc(N3CCN(C(C)=O)CC3)n2)cc(OC)c1OC. The van der Waals surface area contributed by atoms with Gasteiger partial charge in [0, 0.05) is 50.9 Å². The van der Waals surface area contributed by atoms with Crippen LogP contribution in [0.2, 0.25) is 0 Å². The Balaban J connectivity index is 1.77. The summed E-state index contributed by atoms with van der Waals surface area (Å²) in [4.78, 5) is 19.8. The van der Waals surface area contributed by atoms with Crippen LogP contribution in [0.5, 0.6) is 17.2 Å². The van der Waals surface area contributed by atoms with Gasteiger partial charge in [0.1, 0.15) is 0 Å². The van der Waals surface area contributed by atoms with Crippen molar-refractivity contribution in [1.82, 2.24) is 20.1 Å². The van der Waals surface area contributed by atoms with Gasteiger partial charge >= 0.3 is 0 Å². The van der Waals surface area contributed by atoms with E-state index in [-0.39, 0.29) is 5.91 Å². The molecule has 1 fully saturated rings. The molecule has 0 unspecified atom stereocenters. The van der Waals surface area contributed by atoms with Crippen molar-refractivity contribution in [2.45, 2.75) is 6.92 Å². The molecule has 150 valence electrons. The Morgan fingerprint density at radius 1 is 1.04 bits per heavy atom. The molecular weight excluding hydrogens is 364 g/mol. The van der Waals surface area contributed by atoms with E-state index in [2.05, 4.69) is 20.5 Å². The van der Waals surface area contributed by atoms with E-state index in [9.17, 15) is 4.79 Å². The molecule has 1 saturated heterocycles. The summed E-state index contributed by atoms with van der Waals surface area (Å²) in [6, 6.07) is 3.57. The molecule has 28 heavy (non-hydrogen) atoms. The van der Waals surface area contributed by atoms with Crippen molar-refractivity contribution in [3.05, 3.63) is 18.3 Å². The van der Waals surface area contributed by atoms with Gasteiger partial charge in [0.15, 0.2) is 17.3 Å². The van der Waals surface area contributed by atoms with Crippen LogP contribution in [0.1, 0.15) is 6.92 Å². The Bertz CT molecular complexity index is 814. The summed E-state index contributed by atoms with van der Waals surface area (Å²) >= 11 is 0. The molecule has 1 aromatic carbocycles. The van der Waals surface area contributed by atoms with E-state index >= 15 is 0 Å². The van der Waals surface area contributed by atoms with E-state index in [1.807, 2.05) is 9.80 Å². The summed E-state index contributed by atoms with van der Waals surface area (Å²) in [5.41, 5.74) is 0.711. The molecule has 0 bridgehead atoms. The molecule has 1 aromatic heterocycles. The monoisotopic (exact) mass is 388 g/mol. The Morgan fingerprint density at radius 2 is 1.68 bits per heavy atom. The molecule has 0 spiro atoms. The van der Waals surface area contributed by atoms with Crippen LogP contribution in [0.15, 0.2) is 18.3 Å². The number of nitrogens with zero attached hydrogens (tertiary/aromatic N) is 5. The van der Waals surface area contributed by atoms with Gasteiger partial charge < -0.3 is 29.3 Å². The molecule has 0 atom stereocenters. The molecule has 3 rings (SSSR count). The number of hydrogen-bond acceptors (Lipinski definition) is 9. The number of ether oxygens (including phenoxy) is 3. The molecular formula is C18H24N6O4. The second kappa shape index (κ2) is 8.59. The van der Waals surface area contributed by atoms with Gasteiger partial charge in [-0.15, -0.1) is 5.10 Å². The Kier molecular flexibility index (Phi) is 5.97. The lowest BCUT2D eigenvalue weighted by Gasteiger charge is -2.33. The number of benzene rings is 1. The fourth-order valence-corrected chi connectivity index (χ4v) is 3.01. The molecule has 1 aliphatic rings. The molecule has 1 N–H and O–H groups in total. The lowest BCUT2D eigenvalue weighted by atomic mass is 10.2. The number of rotatable bonds is 6. The smallest absolute Gasteiger partial charge is 0.247 e. The third-order valence-corrected chi connectivity index (χ3v) is 4.49. The minimum atomic E-state index is 0.0801. The highest BCUT2D eigenvalue weighted by atomic mass is 16.5. The van der Waals surface area contributed by atoms with Gasteiger partial charge in [-0.2, -0.15) is 10.1 Å². The highest BCUT2D eigenvalue weighted by Crippen LogP contribution is 2.40. The second-order valence-corrected chi connectivity index (χ2v) is 6.17. The third-order valence-electron chi connectivity index (χ3n) is 4.49. The number of nitrogens with one attached hydrogen (secondary N) is 1. The van der Waals surface area contributed by atoms with Crippen molar-refractivity contribution in [3.63, 3.8) is 0 Å². The van der Waals surface area contributed by atoms with Crippen LogP contribution >= 0.6 is 0 Å². The minimum Gasteiger partial charge on any atom is -0.493 e. The van der Waals surface area contributed by atoms with Gasteiger partial charge in [0.2, 0.25) is 17.6 Å². The Hall–Kier alpha value is -3.30. The average Bonchev–Trinajstić information content (AvgIpc) is 2.73. The van der Waals surface area contributed by atoms with Crippen LogP contribution in [0.4, 0.5) is 17.5 Å². The van der Waals surface area contributed by atoms with Crippen LogP contribution in [-0.4, -0.2) is 73.5 Å². The van der Waals surface area contributed by atoms with E-state index in [1.54, 1.807) is 46.6 Å². The summed E-state index contributed by atoms with van der Waals surface area (Å²) < 4.78 is 16.1. The fourth-order valence-electron chi connectivity index (χ4n) is 3.01. The average molecular weight is 388 g/mol. The van der Waals surface area contributed by atoms with E-state index in [0.717, 1.165) is 0 Å². The number of hydrogen-bond donors (Lipinski definition) is 1. The lowest BCUT2D eigenvalue weighted by Crippen LogP contribution is -2.48. The van der Waals surface area contributed by atoms with Crippen molar-refractivity contribution in [1.29, 1.82) is 0 Å². The summed E-state index contributed by atoms with van der Waals surface area (Å²) in [6.45, 7) is 4.19. The molecule has 10 nitrogen and oxygen atoms in total. The fraction of sp³-hybridized carbons (Fsp3) is 0.444. The quantitative estimate of drug-likeness (QED) is 0.784. The highest BCUT2D eigenvalue weighted by molar-refractivity contribution is 5.73. The molecule has 0 radical (unpaired) electrons. The van der Waals surface area contributed by atoms with Gasteiger partial charge in [-0.25, -0.2) is 0 Å². The maximum Gasteiger partial charge on any atom is 0.247 e. The number of amides is 1.